The SMILES string of the molecule is COC(=O)[C@@H]1CCCN1S(=O)(=O)c1ccc(Cl)c([N+](=O)[O-])c1. The third-order valence-corrected chi connectivity index (χ3v) is 5.62. The molecule has 120 valence electrons. The summed E-state index contributed by atoms with van der Waals surface area (Å²) in [5.74, 6) is -0.649. The van der Waals surface area contributed by atoms with Crippen LogP contribution in [0.15, 0.2) is 23.1 Å². The van der Waals surface area contributed by atoms with Gasteiger partial charge >= 0.3 is 5.97 Å². The van der Waals surface area contributed by atoms with Crippen molar-refractivity contribution in [2.45, 2.75) is 23.8 Å². The Morgan fingerprint density at radius 2 is 2.18 bits per heavy atom. The molecule has 22 heavy (non-hydrogen) atoms. The van der Waals surface area contributed by atoms with Gasteiger partial charge in [0.25, 0.3) is 5.69 Å². The summed E-state index contributed by atoms with van der Waals surface area (Å²) in [6.45, 7) is 0.151. The van der Waals surface area contributed by atoms with Crippen molar-refractivity contribution >= 4 is 33.3 Å². The van der Waals surface area contributed by atoms with Gasteiger partial charge in [0.2, 0.25) is 10.0 Å². The molecule has 0 spiro atoms. The molecule has 1 aromatic carbocycles. The third-order valence-electron chi connectivity index (χ3n) is 3.40. The highest BCUT2D eigenvalue weighted by Gasteiger charge is 2.40. The van der Waals surface area contributed by atoms with Crippen LogP contribution < -0.4 is 0 Å². The Hall–Kier alpha value is -1.71. The first-order chi connectivity index (χ1) is 10.3. The van der Waals surface area contributed by atoms with E-state index in [1.807, 2.05) is 0 Å². The van der Waals surface area contributed by atoms with Gasteiger partial charge in [-0.25, -0.2) is 8.42 Å². The van der Waals surface area contributed by atoms with Gasteiger partial charge in [0, 0.05) is 12.6 Å². The van der Waals surface area contributed by atoms with E-state index in [2.05, 4.69) is 4.74 Å². The van der Waals surface area contributed by atoms with Gasteiger partial charge < -0.3 is 4.74 Å². The van der Waals surface area contributed by atoms with E-state index in [4.69, 9.17) is 11.6 Å². The normalized spacial score (nSPS) is 19.1. The maximum absolute atomic E-state index is 12.6. The quantitative estimate of drug-likeness (QED) is 0.464. The van der Waals surface area contributed by atoms with Crippen LogP contribution in [0.4, 0.5) is 5.69 Å². The number of hydrogen-bond donors (Lipinski definition) is 0. The highest BCUT2D eigenvalue weighted by Crippen LogP contribution is 2.31. The lowest BCUT2D eigenvalue weighted by molar-refractivity contribution is -0.384. The molecule has 1 aromatic rings. The molecule has 1 heterocycles. The zero-order valence-corrected chi connectivity index (χ0v) is 13.1. The Balaban J connectivity index is 2.44. The molecule has 0 bridgehead atoms. The summed E-state index contributed by atoms with van der Waals surface area (Å²) in [6, 6.07) is 2.31. The van der Waals surface area contributed by atoms with Crippen LogP contribution in [-0.2, 0) is 19.6 Å². The Kier molecular flexibility index (Phi) is 4.69. The van der Waals surface area contributed by atoms with Crippen molar-refractivity contribution in [1.29, 1.82) is 0 Å². The fraction of sp³-hybridized carbons (Fsp3) is 0.417. The predicted octanol–water partition coefficient (Wildman–Crippen LogP) is 1.57. The van der Waals surface area contributed by atoms with Crippen molar-refractivity contribution in [2.24, 2.45) is 0 Å². The van der Waals surface area contributed by atoms with Crippen molar-refractivity contribution in [3.63, 3.8) is 0 Å². The van der Waals surface area contributed by atoms with Gasteiger partial charge in [-0.1, -0.05) is 11.6 Å². The topological polar surface area (TPSA) is 107 Å². The predicted molar refractivity (Wildman–Crippen MR) is 77.0 cm³/mol. The molecule has 1 fully saturated rings. The van der Waals surface area contributed by atoms with Gasteiger partial charge in [0.1, 0.15) is 11.1 Å². The average molecular weight is 349 g/mol. The third kappa shape index (κ3) is 2.92. The molecule has 10 heteroatoms. The molecule has 0 aliphatic carbocycles. The number of nitrogens with zero attached hydrogens (tertiary/aromatic N) is 2. The number of rotatable bonds is 4. The van der Waals surface area contributed by atoms with E-state index in [0.29, 0.717) is 12.8 Å². The monoisotopic (exact) mass is 348 g/mol. The summed E-state index contributed by atoms with van der Waals surface area (Å²) >= 11 is 5.68. The largest absolute Gasteiger partial charge is 0.468 e. The number of halogens is 1. The number of carbonyl (C=O) groups excluding carboxylic acids is 1. The van der Waals surface area contributed by atoms with E-state index in [0.717, 1.165) is 16.4 Å². The van der Waals surface area contributed by atoms with Crippen molar-refractivity contribution in [1.82, 2.24) is 4.31 Å². The molecule has 0 amide bonds. The fourth-order valence-corrected chi connectivity index (χ4v) is 4.18. The van der Waals surface area contributed by atoms with Gasteiger partial charge in [-0.15, -0.1) is 0 Å². The van der Waals surface area contributed by atoms with Crippen LogP contribution in [0.25, 0.3) is 0 Å². The van der Waals surface area contributed by atoms with E-state index in [1.54, 1.807) is 0 Å². The summed E-state index contributed by atoms with van der Waals surface area (Å²) in [4.78, 5) is 21.5. The molecule has 8 nitrogen and oxygen atoms in total. The Morgan fingerprint density at radius 1 is 1.50 bits per heavy atom. The lowest BCUT2D eigenvalue weighted by Crippen LogP contribution is -2.41. The number of nitro benzene ring substituents is 1. The van der Waals surface area contributed by atoms with Gasteiger partial charge in [0.15, 0.2) is 0 Å². The average Bonchev–Trinajstić information content (AvgIpc) is 2.96. The van der Waals surface area contributed by atoms with E-state index in [9.17, 15) is 23.3 Å². The number of benzene rings is 1. The number of ether oxygens (including phenoxy) is 1. The Morgan fingerprint density at radius 3 is 2.77 bits per heavy atom. The number of esters is 1. The van der Waals surface area contributed by atoms with E-state index in [-0.39, 0.29) is 16.5 Å². The molecule has 1 aliphatic heterocycles. The van der Waals surface area contributed by atoms with Crippen LogP contribution >= 0.6 is 11.6 Å². The van der Waals surface area contributed by atoms with E-state index < -0.39 is 32.6 Å². The van der Waals surface area contributed by atoms with Gasteiger partial charge in [-0.2, -0.15) is 4.31 Å². The first kappa shape index (κ1) is 16.7. The molecule has 0 saturated carbocycles. The second-order valence-corrected chi connectivity index (χ2v) is 6.97. The molecule has 0 aromatic heterocycles. The molecule has 2 rings (SSSR count). The minimum atomic E-state index is -4.05. The molecule has 0 radical (unpaired) electrons. The maximum Gasteiger partial charge on any atom is 0.324 e. The Bertz CT molecular complexity index is 720. The van der Waals surface area contributed by atoms with Crippen LogP contribution in [0, 0.1) is 10.1 Å². The Labute approximate surface area is 131 Å². The smallest absolute Gasteiger partial charge is 0.324 e. The fourth-order valence-electron chi connectivity index (χ4n) is 2.33. The van der Waals surface area contributed by atoms with E-state index in [1.165, 1.54) is 13.2 Å². The van der Waals surface area contributed by atoms with Crippen LogP contribution in [0.1, 0.15) is 12.8 Å². The lowest BCUT2D eigenvalue weighted by atomic mass is 10.2. The second kappa shape index (κ2) is 6.19. The summed E-state index contributed by atoms with van der Waals surface area (Å²) in [5.41, 5.74) is -0.503. The molecule has 1 aliphatic rings. The first-order valence-electron chi connectivity index (χ1n) is 6.32. The standard InChI is InChI=1S/C12H13ClN2O6S/c1-21-12(16)10-3-2-6-14(10)22(19,20)8-4-5-9(13)11(7-8)15(17)18/h4-5,7,10H,2-3,6H2,1H3/t10-/m0/s1. The molecule has 1 atom stereocenters. The van der Waals surface area contributed by atoms with Crippen molar-refractivity contribution in [3.05, 3.63) is 33.3 Å². The lowest BCUT2D eigenvalue weighted by Gasteiger charge is -2.22. The summed E-state index contributed by atoms with van der Waals surface area (Å²) in [5, 5.41) is 10.7. The van der Waals surface area contributed by atoms with Crippen molar-refractivity contribution in [2.75, 3.05) is 13.7 Å². The van der Waals surface area contributed by atoms with Crippen molar-refractivity contribution < 1.29 is 22.9 Å². The molecule has 0 unspecified atom stereocenters. The van der Waals surface area contributed by atoms with Gasteiger partial charge in [-0.3, -0.25) is 14.9 Å². The second-order valence-electron chi connectivity index (χ2n) is 4.67. The maximum atomic E-state index is 12.6. The number of carbonyl (C=O) groups is 1. The molecular formula is C12H13ClN2O6S. The minimum absolute atomic E-state index is 0.151. The first-order valence-corrected chi connectivity index (χ1v) is 8.14. The van der Waals surface area contributed by atoms with Gasteiger partial charge in [-0.05, 0) is 25.0 Å². The highest BCUT2D eigenvalue weighted by atomic mass is 35.5. The van der Waals surface area contributed by atoms with Gasteiger partial charge in [0.05, 0.1) is 16.9 Å². The van der Waals surface area contributed by atoms with Crippen LogP contribution in [-0.4, -0.2) is 43.3 Å². The van der Waals surface area contributed by atoms with Crippen LogP contribution in [0.2, 0.25) is 5.02 Å². The molecule has 0 N–H and O–H groups in total. The highest BCUT2D eigenvalue weighted by molar-refractivity contribution is 7.89. The molecular weight excluding hydrogens is 336 g/mol. The molecule has 1 saturated heterocycles. The number of methoxy groups -OCH3 is 1. The number of nitro groups is 1. The van der Waals surface area contributed by atoms with Crippen LogP contribution in [0.3, 0.4) is 0 Å². The summed E-state index contributed by atoms with van der Waals surface area (Å²) in [6.07, 6.45) is 0.857. The van der Waals surface area contributed by atoms with Crippen LogP contribution in [0.5, 0.6) is 0 Å². The zero-order valence-electron chi connectivity index (χ0n) is 11.6. The van der Waals surface area contributed by atoms with Crippen molar-refractivity contribution in [3.8, 4) is 0 Å². The summed E-state index contributed by atoms with van der Waals surface area (Å²) in [7, 11) is -2.87. The number of hydrogen-bond acceptors (Lipinski definition) is 6. The number of sulfonamides is 1. The van der Waals surface area contributed by atoms with E-state index >= 15 is 0 Å². The zero-order chi connectivity index (χ0) is 16.5. The summed E-state index contributed by atoms with van der Waals surface area (Å²) < 4.78 is 30.8. The minimum Gasteiger partial charge on any atom is -0.468 e.